The van der Waals surface area contributed by atoms with Crippen LogP contribution >= 0.6 is 12.6 Å². The van der Waals surface area contributed by atoms with E-state index in [0.717, 1.165) is 37.5 Å². The SMILES string of the molecule is CC(C)CCCCCC(O)(CCCCCC(C)C)C(=O)S. The molecule has 1 N–H and O–H groups in total. The van der Waals surface area contributed by atoms with Gasteiger partial charge in [-0.25, -0.2) is 0 Å². The van der Waals surface area contributed by atoms with E-state index >= 15 is 0 Å². The number of hydrogen-bond donors (Lipinski definition) is 2. The summed E-state index contributed by atoms with van der Waals surface area (Å²) in [5.74, 6) is 1.47. The lowest BCUT2D eigenvalue weighted by Crippen LogP contribution is -2.35. The molecule has 0 fully saturated rings. The van der Waals surface area contributed by atoms with Gasteiger partial charge in [-0.05, 0) is 24.7 Å². The highest BCUT2D eigenvalue weighted by atomic mass is 32.1. The molecule has 0 spiro atoms. The summed E-state index contributed by atoms with van der Waals surface area (Å²) < 4.78 is 0. The monoisotopic (exact) mass is 316 g/mol. The van der Waals surface area contributed by atoms with E-state index in [1.54, 1.807) is 0 Å². The van der Waals surface area contributed by atoms with Gasteiger partial charge in [-0.2, -0.15) is 0 Å². The van der Waals surface area contributed by atoms with Crippen LogP contribution in [-0.4, -0.2) is 15.8 Å². The first kappa shape index (κ1) is 21.0. The normalized spacial score (nSPS) is 12.4. The minimum Gasteiger partial charge on any atom is -0.381 e. The Bertz CT molecular complexity index is 256. The van der Waals surface area contributed by atoms with E-state index in [0.29, 0.717) is 12.8 Å². The fourth-order valence-corrected chi connectivity index (χ4v) is 2.86. The maximum absolute atomic E-state index is 11.6. The molecule has 126 valence electrons. The van der Waals surface area contributed by atoms with Crippen LogP contribution in [0.1, 0.15) is 91.9 Å². The first-order chi connectivity index (χ1) is 9.78. The van der Waals surface area contributed by atoms with Gasteiger partial charge in [0.05, 0.1) is 0 Å². The van der Waals surface area contributed by atoms with Gasteiger partial charge < -0.3 is 5.11 Å². The van der Waals surface area contributed by atoms with Crippen LogP contribution in [0.3, 0.4) is 0 Å². The number of aliphatic hydroxyl groups is 1. The Morgan fingerprint density at radius 2 is 1.24 bits per heavy atom. The molecule has 0 aromatic carbocycles. The number of rotatable bonds is 13. The smallest absolute Gasteiger partial charge is 0.217 e. The first-order valence-corrected chi connectivity index (χ1v) is 9.18. The number of hydrogen-bond acceptors (Lipinski definition) is 2. The van der Waals surface area contributed by atoms with E-state index in [4.69, 9.17) is 0 Å². The molecule has 0 aliphatic rings. The minimum absolute atomic E-state index is 0.352. The second kappa shape index (κ2) is 11.5. The molecule has 0 saturated carbocycles. The van der Waals surface area contributed by atoms with Gasteiger partial charge in [0.15, 0.2) is 0 Å². The zero-order valence-corrected chi connectivity index (χ0v) is 15.4. The van der Waals surface area contributed by atoms with Crippen LogP contribution in [-0.2, 0) is 4.79 Å². The highest BCUT2D eigenvalue weighted by Crippen LogP contribution is 2.26. The first-order valence-electron chi connectivity index (χ1n) is 8.73. The summed E-state index contributed by atoms with van der Waals surface area (Å²) in [6.07, 6.45) is 9.97. The standard InChI is InChI=1S/C18H36O2S/c1-15(2)11-7-5-9-13-18(20,17(19)21)14-10-6-8-12-16(3)4/h15-16,20H,5-14H2,1-4H3,(H,19,21). The van der Waals surface area contributed by atoms with Crippen molar-refractivity contribution >= 4 is 17.7 Å². The Kier molecular flexibility index (Phi) is 11.5. The van der Waals surface area contributed by atoms with Crippen LogP contribution in [0, 0.1) is 11.8 Å². The van der Waals surface area contributed by atoms with Gasteiger partial charge in [-0.1, -0.05) is 79.1 Å². The van der Waals surface area contributed by atoms with Crippen LogP contribution in [0.4, 0.5) is 0 Å². The molecule has 0 rings (SSSR count). The Morgan fingerprint density at radius 1 is 0.857 bits per heavy atom. The number of unbranched alkanes of at least 4 members (excludes halogenated alkanes) is 4. The molecule has 0 aliphatic carbocycles. The van der Waals surface area contributed by atoms with Crippen molar-refractivity contribution < 1.29 is 9.90 Å². The van der Waals surface area contributed by atoms with Crippen molar-refractivity contribution in [2.24, 2.45) is 11.8 Å². The molecule has 0 unspecified atom stereocenters. The average Bonchev–Trinajstić information content (AvgIpc) is 2.37. The highest BCUT2D eigenvalue weighted by Gasteiger charge is 2.32. The summed E-state index contributed by atoms with van der Waals surface area (Å²) in [5.41, 5.74) is -1.20. The Morgan fingerprint density at radius 3 is 1.52 bits per heavy atom. The van der Waals surface area contributed by atoms with Crippen molar-refractivity contribution in [1.82, 2.24) is 0 Å². The van der Waals surface area contributed by atoms with Gasteiger partial charge >= 0.3 is 0 Å². The lowest BCUT2D eigenvalue weighted by molar-refractivity contribution is -0.129. The van der Waals surface area contributed by atoms with Crippen LogP contribution in [0.2, 0.25) is 0 Å². The Balaban J connectivity index is 3.92. The maximum atomic E-state index is 11.6. The van der Waals surface area contributed by atoms with Crippen LogP contribution in [0.25, 0.3) is 0 Å². The Labute approximate surface area is 137 Å². The second-order valence-corrected chi connectivity index (χ2v) is 7.73. The number of carbonyl (C=O) groups excluding carboxylic acids is 1. The average molecular weight is 317 g/mol. The highest BCUT2D eigenvalue weighted by molar-refractivity contribution is 7.96. The quantitative estimate of drug-likeness (QED) is 0.353. The van der Waals surface area contributed by atoms with E-state index < -0.39 is 5.60 Å². The lowest BCUT2D eigenvalue weighted by Gasteiger charge is -2.24. The molecule has 0 saturated heterocycles. The van der Waals surface area contributed by atoms with E-state index in [1.807, 2.05) is 0 Å². The van der Waals surface area contributed by atoms with Gasteiger partial charge in [0.25, 0.3) is 0 Å². The van der Waals surface area contributed by atoms with Crippen LogP contribution < -0.4 is 0 Å². The zero-order chi connectivity index (χ0) is 16.3. The van der Waals surface area contributed by atoms with Crippen molar-refractivity contribution in [2.45, 2.75) is 97.5 Å². The maximum Gasteiger partial charge on any atom is 0.217 e. The van der Waals surface area contributed by atoms with Crippen molar-refractivity contribution in [2.75, 3.05) is 0 Å². The third-order valence-corrected chi connectivity index (χ3v) is 4.56. The Hall–Kier alpha value is -0.0200. The van der Waals surface area contributed by atoms with Crippen molar-refractivity contribution in [1.29, 1.82) is 0 Å². The predicted molar refractivity (Wildman–Crippen MR) is 94.8 cm³/mol. The van der Waals surface area contributed by atoms with Gasteiger partial charge in [-0.3, -0.25) is 4.79 Å². The molecule has 0 aliphatic heterocycles. The summed E-state index contributed by atoms with van der Waals surface area (Å²) in [7, 11) is 0. The van der Waals surface area contributed by atoms with Crippen molar-refractivity contribution in [3.8, 4) is 0 Å². The van der Waals surface area contributed by atoms with Gasteiger partial charge in [0.1, 0.15) is 5.60 Å². The molecule has 0 atom stereocenters. The molecule has 2 nitrogen and oxygen atoms in total. The topological polar surface area (TPSA) is 37.3 Å². The molecule has 0 amide bonds. The van der Waals surface area contributed by atoms with E-state index in [-0.39, 0.29) is 5.12 Å². The predicted octanol–water partition coefficient (Wildman–Crippen LogP) is 5.39. The molecule has 0 radical (unpaired) electrons. The molecule has 0 aromatic heterocycles. The van der Waals surface area contributed by atoms with E-state index in [1.165, 1.54) is 25.7 Å². The largest absolute Gasteiger partial charge is 0.381 e. The molecule has 0 heterocycles. The summed E-state index contributed by atoms with van der Waals surface area (Å²) in [4.78, 5) is 11.6. The fraction of sp³-hybridized carbons (Fsp3) is 0.944. The summed E-state index contributed by atoms with van der Waals surface area (Å²) in [6, 6.07) is 0. The minimum atomic E-state index is -1.20. The number of carbonyl (C=O) groups is 1. The summed E-state index contributed by atoms with van der Waals surface area (Å²) in [5, 5.41) is 10.1. The van der Waals surface area contributed by atoms with Gasteiger partial charge in [0, 0.05) is 0 Å². The van der Waals surface area contributed by atoms with Crippen molar-refractivity contribution in [3.63, 3.8) is 0 Å². The zero-order valence-electron chi connectivity index (χ0n) is 14.5. The van der Waals surface area contributed by atoms with Gasteiger partial charge in [0.2, 0.25) is 5.12 Å². The van der Waals surface area contributed by atoms with Crippen LogP contribution in [0.5, 0.6) is 0 Å². The molecular formula is C18H36O2S. The third-order valence-electron chi connectivity index (χ3n) is 4.14. The second-order valence-electron chi connectivity index (χ2n) is 7.32. The fourth-order valence-electron chi connectivity index (χ4n) is 2.63. The molecule has 0 bridgehead atoms. The molecule has 21 heavy (non-hydrogen) atoms. The lowest BCUT2D eigenvalue weighted by atomic mass is 9.90. The molecule has 3 heteroatoms. The number of thiol groups is 1. The van der Waals surface area contributed by atoms with E-state index in [2.05, 4.69) is 40.3 Å². The molecular weight excluding hydrogens is 280 g/mol. The summed E-state index contributed by atoms with van der Waals surface area (Å²) in [6.45, 7) is 8.91. The van der Waals surface area contributed by atoms with E-state index in [9.17, 15) is 9.90 Å². The van der Waals surface area contributed by atoms with Gasteiger partial charge in [-0.15, -0.1) is 12.6 Å². The molecule has 0 aromatic rings. The van der Waals surface area contributed by atoms with Crippen molar-refractivity contribution in [3.05, 3.63) is 0 Å². The third kappa shape index (κ3) is 11.2. The summed E-state index contributed by atoms with van der Waals surface area (Å²) >= 11 is 3.91. The van der Waals surface area contributed by atoms with Crippen LogP contribution in [0.15, 0.2) is 0 Å².